The van der Waals surface area contributed by atoms with Crippen molar-refractivity contribution >= 4 is 0 Å². The highest BCUT2D eigenvalue weighted by Gasteiger charge is 2.40. The van der Waals surface area contributed by atoms with Crippen LogP contribution in [0.25, 0.3) is 0 Å². The normalized spacial score (nSPS) is 27.4. The Bertz CT molecular complexity index is 290. The van der Waals surface area contributed by atoms with Crippen LogP contribution in [0.1, 0.15) is 18.9 Å². The van der Waals surface area contributed by atoms with Crippen LogP contribution in [0, 0.1) is 6.07 Å². The van der Waals surface area contributed by atoms with E-state index < -0.39 is 12.5 Å². The summed E-state index contributed by atoms with van der Waals surface area (Å²) < 4.78 is 40.7. The molecule has 0 saturated heterocycles. The molecule has 1 heterocycles. The summed E-state index contributed by atoms with van der Waals surface area (Å²) in [6.45, 7) is 0. The van der Waals surface area contributed by atoms with Crippen LogP contribution >= 0.6 is 0 Å². The number of nitrogens with zero attached hydrogens (tertiary/aromatic N) is 2. The Kier molecular flexibility index (Phi) is 2.22. The minimum absolute atomic E-state index is 0.0219. The summed E-state index contributed by atoms with van der Waals surface area (Å²) in [7, 11) is 0. The molecule has 77 valence electrons. The van der Waals surface area contributed by atoms with Crippen LogP contribution < -0.4 is 0 Å². The number of ether oxygens (including phenoxy) is 1. The van der Waals surface area contributed by atoms with Gasteiger partial charge in [-0.15, -0.1) is 13.2 Å². The van der Waals surface area contributed by atoms with Gasteiger partial charge in [-0.2, -0.15) is 5.10 Å². The van der Waals surface area contributed by atoms with Crippen LogP contribution in [0.2, 0.25) is 0 Å². The topological polar surface area (TPSA) is 27.1 Å². The summed E-state index contributed by atoms with van der Waals surface area (Å²) in [6.07, 6.45) is -1.42. The van der Waals surface area contributed by atoms with E-state index in [9.17, 15) is 13.2 Å². The van der Waals surface area contributed by atoms with E-state index in [-0.39, 0.29) is 6.04 Å². The first-order chi connectivity index (χ1) is 6.54. The predicted octanol–water partition coefficient (Wildman–Crippen LogP) is 1.92. The first-order valence-electron chi connectivity index (χ1n) is 4.19. The van der Waals surface area contributed by atoms with Gasteiger partial charge in [-0.05, 0) is 12.8 Å². The fourth-order valence-corrected chi connectivity index (χ4v) is 1.48. The molecule has 1 aliphatic rings. The number of aromatic nitrogens is 2. The van der Waals surface area contributed by atoms with E-state index >= 15 is 0 Å². The smallest absolute Gasteiger partial charge is 0.288 e. The molecule has 0 atom stereocenters. The van der Waals surface area contributed by atoms with Gasteiger partial charge < -0.3 is 0 Å². The SMILES string of the molecule is FC(F)(F)OC1CC(n2c[c]cn2)C1. The van der Waals surface area contributed by atoms with Crippen LogP contribution in [0.3, 0.4) is 0 Å². The Morgan fingerprint density at radius 3 is 2.64 bits per heavy atom. The van der Waals surface area contributed by atoms with Gasteiger partial charge in [0.15, 0.2) is 0 Å². The molecule has 0 amide bonds. The molecule has 6 heteroatoms. The van der Waals surface area contributed by atoms with Crippen molar-refractivity contribution in [3.63, 3.8) is 0 Å². The third-order valence-corrected chi connectivity index (χ3v) is 2.22. The van der Waals surface area contributed by atoms with Crippen LogP contribution in [0.4, 0.5) is 13.2 Å². The minimum Gasteiger partial charge on any atom is -0.288 e. The largest absolute Gasteiger partial charge is 0.522 e. The molecule has 1 radical (unpaired) electrons. The summed E-state index contributed by atoms with van der Waals surface area (Å²) in [4.78, 5) is 0. The molecular formula is C8H8F3N2O. The Labute approximate surface area is 78.5 Å². The highest BCUT2D eigenvalue weighted by molar-refractivity contribution is 4.88. The molecule has 1 aromatic heterocycles. The summed E-state index contributed by atoms with van der Waals surface area (Å²) in [6, 6.07) is 2.75. The number of rotatable bonds is 2. The van der Waals surface area contributed by atoms with Gasteiger partial charge in [-0.1, -0.05) is 0 Å². The molecular weight excluding hydrogens is 197 g/mol. The lowest BCUT2D eigenvalue weighted by Crippen LogP contribution is -2.37. The molecule has 1 fully saturated rings. The van der Waals surface area contributed by atoms with Crippen LogP contribution in [0.15, 0.2) is 12.4 Å². The lowest BCUT2D eigenvalue weighted by atomic mass is 9.89. The standard InChI is InChI=1S/C8H8F3N2O/c9-8(10,11)14-7-4-6(5-7)13-3-1-2-12-13/h2-3,6-7H,4-5H2. The first-order valence-corrected chi connectivity index (χ1v) is 4.19. The molecule has 0 spiro atoms. The summed E-state index contributed by atoms with van der Waals surface area (Å²) in [5.74, 6) is 0. The maximum Gasteiger partial charge on any atom is 0.522 e. The van der Waals surface area contributed by atoms with E-state index in [4.69, 9.17) is 0 Å². The van der Waals surface area contributed by atoms with Crippen molar-refractivity contribution in [2.75, 3.05) is 0 Å². The first kappa shape index (κ1) is 9.51. The Hall–Kier alpha value is -1.04. The Morgan fingerprint density at radius 1 is 1.43 bits per heavy atom. The molecule has 2 rings (SSSR count). The third kappa shape index (κ3) is 2.06. The van der Waals surface area contributed by atoms with Crippen LogP contribution in [-0.2, 0) is 4.74 Å². The van der Waals surface area contributed by atoms with Crippen molar-refractivity contribution < 1.29 is 17.9 Å². The maximum atomic E-state index is 11.7. The van der Waals surface area contributed by atoms with Crippen LogP contribution in [0.5, 0.6) is 0 Å². The molecule has 3 nitrogen and oxygen atoms in total. The Balaban J connectivity index is 1.80. The van der Waals surface area contributed by atoms with Crippen molar-refractivity contribution in [2.45, 2.75) is 31.3 Å². The zero-order valence-electron chi connectivity index (χ0n) is 7.16. The summed E-state index contributed by atoms with van der Waals surface area (Å²) >= 11 is 0. The van der Waals surface area contributed by atoms with Gasteiger partial charge in [0.05, 0.1) is 18.3 Å². The minimum atomic E-state index is -4.52. The number of hydrogen-bond donors (Lipinski definition) is 0. The van der Waals surface area contributed by atoms with Gasteiger partial charge in [-0.3, -0.25) is 9.42 Å². The fourth-order valence-electron chi connectivity index (χ4n) is 1.48. The van der Waals surface area contributed by atoms with E-state index in [2.05, 4.69) is 15.9 Å². The number of alkyl halides is 3. The molecule has 0 aliphatic heterocycles. The molecule has 0 unspecified atom stereocenters. The van der Waals surface area contributed by atoms with E-state index in [0.29, 0.717) is 12.8 Å². The second kappa shape index (κ2) is 3.27. The highest BCUT2D eigenvalue weighted by Crippen LogP contribution is 2.37. The van der Waals surface area contributed by atoms with Gasteiger partial charge in [0, 0.05) is 12.3 Å². The number of hydrogen-bond acceptors (Lipinski definition) is 2. The molecule has 0 N–H and O–H groups in total. The van der Waals surface area contributed by atoms with Gasteiger partial charge in [-0.25, -0.2) is 0 Å². The van der Waals surface area contributed by atoms with Crippen LogP contribution in [-0.4, -0.2) is 22.2 Å². The summed E-state index contributed by atoms with van der Waals surface area (Å²) in [5.41, 5.74) is 0. The maximum absolute atomic E-state index is 11.7. The van der Waals surface area contributed by atoms with Gasteiger partial charge >= 0.3 is 6.36 Å². The third-order valence-electron chi connectivity index (χ3n) is 2.22. The molecule has 14 heavy (non-hydrogen) atoms. The molecule has 1 aromatic rings. The van der Waals surface area contributed by atoms with Gasteiger partial charge in [0.25, 0.3) is 0 Å². The zero-order valence-corrected chi connectivity index (χ0v) is 7.16. The van der Waals surface area contributed by atoms with E-state index in [0.717, 1.165) is 0 Å². The second-order valence-corrected chi connectivity index (χ2v) is 3.23. The fraction of sp³-hybridized carbons (Fsp3) is 0.625. The predicted molar refractivity (Wildman–Crippen MR) is 40.3 cm³/mol. The number of halogens is 3. The lowest BCUT2D eigenvalue weighted by Gasteiger charge is -2.35. The molecule has 1 saturated carbocycles. The van der Waals surface area contributed by atoms with Crippen molar-refractivity contribution in [3.8, 4) is 0 Å². The van der Waals surface area contributed by atoms with E-state index in [1.807, 2.05) is 0 Å². The highest BCUT2D eigenvalue weighted by atomic mass is 19.4. The average molecular weight is 205 g/mol. The summed E-state index contributed by atoms with van der Waals surface area (Å²) in [5, 5.41) is 3.89. The van der Waals surface area contributed by atoms with Gasteiger partial charge in [0.2, 0.25) is 0 Å². The van der Waals surface area contributed by atoms with Crippen molar-refractivity contribution in [3.05, 3.63) is 18.5 Å². The zero-order chi connectivity index (χ0) is 10.2. The van der Waals surface area contributed by atoms with Gasteiger partial charge in [0.1, 0.15) is 0 Å². The van der Waals surface area contributed by atoms with Crippen molar-refractivity contribution in [2.24, 2.45) is 0 Å². The molecule has 1 aliphatic carbocycles. The quantitative estimate of drug-likeness (QED) is 0.737. The van der Waals surface area contributed by atoms with Crippen molar-refractivity contribution in [1.29, 1.82) is 0 Å². The lowest BCUT2D eigenvalue weighted by molar-refractivity contribution is -0.353. The molecule has 0 bridgehead atoms. The monoisotopic (exact) mass is 205 g/mol. The average Bonchev–Trinajstić information content (AvgIpc) is 2.45. The second-order valence-electron chi connectivity index (χ2n) is 3.23. The van der Waals surface area contributed by atoms with Crippen molar-refractivity contribution in [1.82, 2.24) is 9.78 Å². The molecule has 0 aromatic carbocycles. The van der Waals surface area contributed by atoms with E-state index in [1.165, 1.54) is 6.20 Å². The van der Waals surface area contributed by atoms with E-state index in [1.54, 1.807) is 10.9 Å². The Morgan fingerprint density at radius 2 is 2.14 bits per heavy atom.